The molecule has 1 aliphatic carbocycles. The zero-order valence-electron chi connectivity index (χ0n) is 15.8. The topological polar surface area (TPSA) is 0 Å². The number of rotatable bonds is 0. The molecule has 0 atom stereocenters. The van der Waals surface area contributed by atoms with Gasteiger partial charge in [0.1, 0.15) is 0 Å². The predicted molar refractivity (Wildman–Crippen MR) is 105 cm³/mol. The average Bonchev–Trinajstić information content (AvgIpc) is 2.88. The molecule has 5 rings (SSSR count). The highest BCUT2D eigenvalue weighted by molar-refractivity contribution is 5.81. The van der Waals surface area contributed by atoms with Crippen molar-refractivity contribution in [2.24, 2.45) is 0 Å². The van der Waals surface area contributed by atoms with Crippen molar-refractivity contribution in [1.29, 1.82) is 0 Å². The van der Waals surface area contributed by atoms with Crippen LogP contribution in [-0.2, 0) is 5.41 Å². The highest BCUT2D eigenvalue weighted by atomic mass is 15.4. The summed E-state index contributed by atoms with van der Waals surface area (Å²) in [4.78, 5) is 0. The van der Waals surface area contributed by atoms with Gasteiger partial charge < -0.3 is 4.48 Å². The molecule has 2 fully saturated rings. The Morgan fingerprint density at radius 2 is 1.20 bits per heavy atom. The minimum Gasteiger partial charge on any atom is -0.324 e. The minimum absolute atomic E-state index is 0.281. The first-order chi connectivity index (χ1) is 12.1. The van der Waals surface area contributed by atoms with Gasteiger partial charge in [-0.1, -0.05) is 47.5 Å². The molecule has 2 aliphatic heterocycles. The van der Waals surface area contributed by atoms with Crippen LogP contribution in [-0.4, -0.2) is 30.7 Å². The van der Waals surface area contributed by atoms with Crippen LogP contribution in [0, 0.1) is 13.8 Å². The van der Waals surface area contributed by atoms with Crippen LogP contribution in [0.25, 0.3) is 11.1 Å². The van der Waals surface area contributed by atoms with Crippen molar-refractivity contribution in [3.05, 3.63) is 58.7 Å². The van der Waals surface area contributed by atoms with Gasteiger partial charge in [0.2, 0.25) is 0 Å². The standard InChI is InChI=1S/C24H30N/c1-18-6-8-20-21-9-7-19(2)17-23(21)24(22(20)16-18)10-14-25(15-11-24)12-4-3-5-13-25/h6-9,16-17H,3-5,10-15H2,1-2H3/q+1. The Hall–Kier alpha value is -1.60. The Morgan fingerprint density at radius 3 is 1.72 bits per heavy atom. The highest BCUT2D eigenvalue weighted by Crippen LogP contribution is 2.55. The highest BCUT2D eigenvalue weighted by Gasteiger charge is 2.49. The molecule has 0 unspecified atom stereocenters. The molecule has 2 saturated heterocycles. The molecule has 0 bridgehead atoms. The Balaban J connectivity index is 1.61. The van der Waals surface area contributed by atoms with Gasteiger partial charge in [0.25, 0.3) is 0 Å². The summed E-state index contributed by atoms with van der Waals surface area (Å²) in [5, 5.41) is 0. The first-order valence-corrected chi connectivity index (χ1v) is 10.2. The summed E-state index contributed by atoms with van der Waals surface area (Å²) in [5.74, 6) is 0. The van der Waals surface area contributed by atoms with Gasteiger partial charge >= 0.3 is 0 Å². The number of fused-ring (bicyclic) bond motifs is 5. The lowest BCUT2D eigenvalue weighted by molar-refractivity contribution is -0.937. The van der Waals surface area contributed by atoms with Crippen molar-refractivity contribution in [3.63, 3.8) is 0 Å². The SMILES string of the molecule is Cc1ccc2c(c1)C1(CC[N+]3(CCCCC3)CC1)c1cc(C)ccc1-2. The molecule has 1 nitrogen and oxygen atoms in total. The first kappa shape index (κ1) is 15.6. The maximum atomic E-state index is 2.50. The summed E-state index contributed by atoms with van der Waals surface area (Å²) >= 11 is 0. The van der Waals surface area contributed by atoms with E-state index >= 15 is 0 Å². The molecule has 0 aromatic heterocycles. The predicted octanol–water partition coefficient (Wildman–Crippen LogP) is 5.36. The second-order valence-electron chi connectivity index (χ2n) is 8.98. The van der Waals surface area contributed by atoms with E-state index in [9.17, 15) is 0 Å². The van der Waals surface area contributed by atoms with Crippen LogP contribution in [0.15, 0.2) is 36.4 Å². The number of benzene rings is 2. The van der Waals surface area contributed by atoms with Crippen LogP contribution in [0.4, 0.5) is 0 Å². The number of hydrogen-bond donors (Lipinski definition) is 0. The van der Waals surface area contributed by atoms with E-state index in [1.807, 2.05) is 0 Å². The van der Waals surface area contributed by atoms with Gasteiger partial charge in [-0.05, 0) is 55.4 Å². The number of nitrogens with zero attached hydrogens (tertiary/aromatic N) is 1. The Kier molecular flexibility index (Phi) is 3.41. The molecule has 2 heterocycles. The van der Waals surface area contributed by atoms with E-state index in [0.717, 1.165) is 0 Å². The molecular formula is C24H30N+. The lowest BCUT2D eigenvalue weighted by Crippen LogP contribution is -2.58. The summed E-state index contributed by atoms with van der Waals surface area (Å²) in [5.41, 5.74) is 9.38. The van der Waals surface area contributed by atoms with E-state index < -0.39 is 0 Å². The molecular weight excluding hydrogens is 302 g/mol. The van der Waals surface area contributed by atoms with Gasteiger partial charge in [-0.25, -0.2) is 0 Å². The second-order valence-corrected chi connectivity index (χ2v) is 8.98. The summed E-state index contributed by atoms with van der Waals surface area (Å²) in [6, 6.07) is 14.3. The van der Waals surface area contributed by atoms with E-state index in [-0.39, 0.29) is 5.41 Å². The van der Waals surface area contributed by atoms with E-state index in [4.69, 9.17) is 0 Å². The zero-order valence-corrected chi connectivity index (χ0v) is 15.8. The van der Waals surface area contributed by atoms with Gasteiger partial charge in [0.05, 0.1) is 26.2 Å². The van der Waals surface area contributed by atoms with Crippen molar-refractivity contribution >= 4 is 0 Å². The van der Waals surface area contributed by atoms with Crippen LogP contribution in [0.5, 0.6) is 0 Å². The Labute approximate surface area is 152 Å². The van der Waals surface area contributed by atoms with E-state index in [1.165, 1.54) is 85.0 Å². The molecule has 2 aromatic carbocycles. The summed E-state index contributed by atoms with van der Waals surface area (Å²) in [6.07, 6.45) is 7.01. The molecule has 130 valence electrons. The molecule has 2 aromatic rings. The van der Waals surface area contributed by atoms with Crippen molar-refractivity contribution in [2.45, 2.75) is 51.4 Å². The van der Waals surface area contributed by atoms with Crippen molar-refractivity contribution < 1.29 is 4.48 Å². The van der Waals surface area contributed by atoms with Crippen molar-refractivity contribution in [3.8, 4) is 11.1 Å². The third kappa shape index (κ3) is 2.25. The second kappa shape index (κ2) is 5.45. The van der Waals surface area contributed by atoms with Gasteiger partial charge in [0.15, 0.2) is 0 Å². The van der Waals surface area contributed by atoms with E-state index in [2.05, 4.69) is 50.2 Å². The fraction of sp³-hybridized carbons (Fsp3) is 0.500. The lowest BCUT2D eigenvalue weighted by atomic mass is 9.69. The molecule has 0 radical (unpaired) electrons. The Bertz CT molecular complexity index is 762. The summed E-state index contributed by atoms with van der Waals surface area (Å²) in [6.45, 7) is 10.1. The van der Waals surface area contributed by atoms with Crippen LogP contribution >= 0.6 is 0 Å². The minimum atomic E-state index is 0.281. The summed E-state index contributed by atoms with van der Waals surface area (Å²) < 4.78 is 1.41. The van der Waals surface area contributed by atoms with Crippen molar-refractivity contribution in [1.82, 2.24) is 0 Å². The average molecular weight is 333 g/mol. The third-order valence-electron chi connectivity index (χ3n) is 7.46. The largest absolute Gasteiger partial charge is 0.324 e. The molecule has 0 saturated carbocycles. The lowest BCUT2D eigenvalue weighted by Gasteiger charge is -2.50. The number of piperidine rings is 2. The molecule has 0 N–H and O–H groups in total. The quantitative estimate of drug-likeness (QED) is 0.569. The fourth-order valence-corrected chi connectivity index (χ4v) is 5.98. The van der Waals surface area contributed by atoms with Crippen LogP contribution < -0.4 is 0 Å². The van der Waals surface area contributed by atoms with Crippen LogP contribution in [0.2, 0.25) is 0 Å². The summed E-state index contributed by atoms with van der Waals surface area (Å²) in [7, 11) is 0. The smallest absolute Gasteiger partial charge is 0.0798 e. The van der Waals surface area contributed by atoms with Gasteiger partial charge in [-0.2, -0.15) is 0 Å². The normalized spacial score (nSPS) is 22.8. The van der Waals surface area contributed by atoms with E-state index in [0.29, 0.717) is 0 Å². The zero-order chi connectivity index (χ0) is 17.1. The van der Waals surface area contributed by atoms with Crippen LogP contribution in [0.3, 0.4) is 0 Å². The van der Waals surface area contributed by atoms with Crippen LogP contribution in [0.1, 0.15) is 54.4 Å². The third-order valence-corrected chi connectivity index (χ3v) is 7.46. The Morgan fingerprint density at radius 1 is 0.680 bits per heavy atom. The van der Waals surface area contributed by atoms with Gasteiger partial charge in [0, 0.05) is 18.3 Å². The maximum Gasteiger partial charge on any atom is 0.0798 e. The van der Waals surface area contributed by atoms with E-state index in [1.54, 1.807) is 11.1 Å². The van der Waals surface area contributed by atoms with Gasteiger partial charge in [-0.15, -0.1) is 0 Å². The number of quaternary nitrogens is 1. The molecule has 3 aliphatic rings. The monoisotopic (exact) mass is 332 g/mol. The maximum absolute atomic E-state index is 2.50. The van der Waals surface area contributed by atoms with Crippen molar-refractivity contribution in [2.75, 3.05) is 26.2 Å². The van der Waals surface area contributed by atoms with Gasteiger partial charge in [-0.3, -0.25) is 0 Å². The first-order valence-electron chi connectivity index (χ1n) is 10.2. The number of hydrogen-bond acceptors (Lipinski definition) is 0. The molecule has 1 heteroatoms. The fourth-order valence-electron chi connectivity index (χ4n) is 5.98. The molecule has 2 spiro atoms. The molecule has 0 amide bonds. The number of aryl methyl sites for hydroxylation is 2. The molecule has 25 heavy (non-hydrogen) atoms.